The maximum Gasteiger partial charge on any atom is 0.166 e. The van der Waals surface area contributed by atoms with Crippen LogP contribution in [0.2, 0.25) is 0 Å². The van der Waals surface area contributed by atoms with Crippen molar-refractivity contribution in [2.24, 2.45) is 0 Å². The van der Waals surface area contributed by atoms with Crippen LogP contribution in [0.25, 0.3) is 0 Å². The molecule has 0 amide bonds. The molecule has 108 valence electrons. The van der Waals surface area contributed by atoms with Gasteiger partial charge in [0.1, 0.15) is 6.10 Å². The monoisotopic (exact) mass is 280 g/mol. The lowest BCUT2D eigenvalue weighted by atomic mass is 9.88. The molecule has 0 radical (unpaired) electrons. The number of hydrogen-bond acceptors (Lipinski definition) is 2. The number of rotatable bonds is 4. The van der Waals surface area contributed by atoms with Crippen LogP contribution in [-0.2, 0) is 4.74 Å². The van der Waals surface area contributed by atoms with Crippen molar-refractivity contribution in [2.75, 3.05) is 6.61 Å². The van der Waals surface area contributed by atoms with Gasteiger partial charge in [0.2, 0.25) is 0 Å². The van der Waals surface area contributed by atoms with Crippen molar-refractivity contribution in [1.29, 1.82) is 0 Å². The first-order valence-electron chi connectivity index (χ1n) is 7.04. The van der Waals surface area contributed by atoms with Crippen LogP contribution < -0.4 is 0 Å². The van der Waals surface area contributed by atoms with E-state index in [4.69, 9.17) is 4.74 Å². The molecule has 1 aromatic carbocycles. The molecule has 0 heterocycles. The molecule has 21 heavy (non-hydrogen) atoms. The second kappa shape index (κ2) is 7.08. The second-order valence-corrected chi connectivity index (χ2v) is 4.99. The van der Waals surface area contributed by atoms with Gasteiger partial charge in [0.05, 0.1) is 6.61 Å². The van der Waals surface area contributed by atoms with Crippen LogP contribution in [-0.4, -0.2) is 23.4 Å². The largest absolute Gasteiger partial charge is 0.381 e. The molecule has 0 saturated carbocycles. The average molecular weight is 280 g/mol. The fraction of sp³-hybridized carbons (Fsp3) is 0.263. The first kappa shape index (κ1) is 15.3. The molecular formula is C19H20O2. The summed E-state index contributed by atoms with van der Waals surface area (Å²) >= 11 is 0. The maximum absolute atomic E-state index is 9.36. The highest BCUT2D eigenvalue weighted by molar-refractivity contribution is 5.41. The van der Waals surface area contributed by atoms with E-state index >= 15 is 0 Å². The van der Waals surface area contributed by atoms with E-state index in [1.54, 1.807) is 13.0 Å². The predicted octanol–water partition coefficient (Wildman–Crippen LogP) is 3.22. The highest BCUT2D eigenvalue weighted by Crippen LogP contribution is 2.28. The number of benzene rings is 1. The zero-order chi connectivity index (χ0) is 15.1. The predicted molar refractivity (Wildman–Crippen MR) is 85.8 cm³/mol. The van der Waals surface area contributed by atoms with Crippen molar-refractivity contribution in [3.63, 3.8) is 0 Å². The minimum atomic E-state index is -0.781. The highest BCUT2D eigenvalue weighted by Gasteiger charge is 2.25. The van der Waals surface area contributed by atoms with Crippen molar-refractivity contribution in [2.45, 2.75) is 24.5 Å². The van der Waals surface area contributed by atoms with E-state index in [1.165, 1.54) is 5.56 Å². The van der Waals surface area contributed by atoms with E-state index in [9.17, 15) is 5.11 Å². The molecule has 1 N–H and O–H groups in total. The smallest absolute Gasteiger partial charge is 0.166 e. The van der Waals surface area contributed by atoms with E-state index in [-0.39, 0.29) is 5.92 Å². The Morgan fingerprint density at radius 3 is 2.57 bits per heavy atom. The summed E-state index contributed by atoms with van der Waals surface area (Å²) in [4.78, 5) is 0. The summed E-state index contributed by atoms with van der Waals surface area (Å²) < 4.78 is 5.78. The van der Waals surface area contributed by atoms with Crippen molar-refractivity contribution in [3.8, 4) is 11.8 Å². The van der Waals surface area contributed by atoms with Gasteiger partial charge in [-0.25, -0.2) is 0 Å². The summed E-state index contributed by atoms with van der Waals surface area (Å²) in [6.07, 6.45) is 9.07. The Morgan fingerprint density at radius 1 is 1.33 bits per heavy atom. The van der Waals surface area contributed by atoms with Crippen LogP contribution >= 0.6 is 0 Å². The van der Waals surface area contributed by atoms with Crippen LogP contribution in [0.4, 0.5) is 0 Å². The standard InChI is InChI=1S/C19H20O2/c1-3-15-21-19(12-9-16(2)20)13-10-18(11-14-19)17-7-5-4-6-8-17/h3-8,10-11,13-14,16,18,20H,1,15H2,2H3. The van der Waals surface area contributed by atoms with Crippen LogP contribution in [0.3, 0.4) is 0 Å². The van der Waals surface area contributed by atoms with Gasteiger partial charge in [-0.15, -0.1) is 6.58 Å². The third-order valence-corrected chi connectivity index (χ3v) is 3.20. The normalized spacial score (nSPS) is 25.0. The first-order chi connectivity index (χ1) is 10.2. The maximum atomic E-state index is 9.36. The van der Waals surface area contributed by atoms with E-state index < -0.39 is 11.7 Å². The minimum absolute atomic E-state index is 0.222. The van der Waals surface area contributed by atoms with Gasteiger partial charge in [0.15, 0.2) is 5.60 Å². The van der Waals surface area contributed by atoms with E-state index in [0.29, 0.717) is 6.61 Å². The quantitative estimate of drug-likeness (QED) is 0.678. The molecular weight excluding hydrogens is 260 g/mol. The van der Waals surface area contributed by atoms with Gasteiger partial charge in [-0.2, -0.15) is 0 Å². The van der Waals surface area contributed by atoms with Crippen molar-refractivity contribution in [3.05, 3.63) is 72.9 Å². The van der Waals surface area contributed by atoms with Gasteiger partial charge in [0.25, 0.3) is 0 Å². The summed E-state index contributed by atoms with van der Waals surface area (Å²) in [5.74, 6) is 5.98. The van der Waals surface area contributed by atoms with Gasteiger partial charge in [-0.3, -0.25) is 0 Å². The first-order valence-corrected chi connectivity index (χ1v) is 7.04. The lowest BCUT2D eigenvalue weighted by Gasteiger charge is -2.26. The Balaban J connectivity index is 2.21. The summed E-state index contributed by atoms with van der Waals surface area (Å²) in [6, 6.07) is 10.3. The number of aliphatic hydroxyl groups excluding tert-OH is 1. The molecule has 0 bridgehead atoms. The highest BCUT2D eigenvalue weighted by atomic mass is 16.5. The molecule has 0 aliphatic heterocycles. The minimum Gasteiger partial charge on any atom is -0.381 e. The Kier molecular flexibility index (Phi) is 5.16. The molecule has 1 atom stereocenters. The SMILES string of the molecule is C=CCOC1(C#CC(C)O)C=CC(c2ccccc2)C=C1. The zero-order valence-corrected chi connectivity index (χ0v) is 12.2. The van der Waals surface area contributed by atoms with Crippen LogP contribution in [0, 0.1) is 11.8 Å². The molecule has 1 aromatic rings. The Morgan fingerprint density at radius 2 is 2.00 bits per heavy atom. The Labute approximate surface area is 126 Å². The van der Waals surface area contributed by atoms with E-state index in [1.807, 2.05) is 30.4 Å². The molecule has 2 nitrogen and oxygen atoms in total. The average Bonchev–Trinajstić information content (AvgIpc) is 2.53. The second-order valence-electron chi connectivity index (χ2n) is 4.99. The summed E-state index contributed by atoms with van der Waals surface area (Å²) in [6.45, 7) is 5.70. The zero-order valence-electron chi connectivity index (χ0n) is 12.2. The van der Waals surface area contributed by atoms with Crippen LogP contribution in [0.15, 0.2) is 67.3 Å². The fourth-order valence-corrected chi connectivity index (χ4v) is 2.14. The Hall–Kier alpha value is -2.08. The number of allylic oxidation sites excluding steroid dienone is 2. The summed E-state index contributed by atoms with van der Waals surface area (Å²) in [5, 5.41) is 9.36. The molecule has 2 rings (SSSR count). The number of aliphatic hydroxyl groups is 1. The molecule has 0 fully saturated rings. The number of hydrogen-bond donors (Lipinski definition) is 1. The lowest BCUT2D eigenvalue weighted by molar-refractivity contribution is 0.0901. The summed E-state index contributed by atoms with van der Waals surface area (Å²) in [7, 11) is 0. The van der Waals surface area contributed by atoms with Crippen molar-refractivity contribution in [1.82, 2.24) is 0 Å². The van der Waals surface area contributed by atoms with Gasteiger partial charge < -0.3 is 9.84 Å². The Bertz CT molecular complexity index is 571. The van der Waals surface area contributed by atoms with E-state index in [0.717, 1.165) is 0 Å². The van der Waals surface area contributed by atoms with Crippen molar-refractivity contribution >= 4 is 0 Å². The fourth-order valence-electron chi connectivity index (χ4n) is 2.14. The summed E-state index contributed by atoms with van der Waals surface area (Å²) in [5.41, 5.74) is 0.446. The van der Waals surface area contributed by atoms with Crippen molar-refractivity contribution < 1.29 is 9.84 Å². The molecule has 1 unspecified atom stereocenters. The topological polar surface area (TPSA) is 29.5 Å². The van der Waals surface area contributed by atoms with Gasteiger partial charge >= 0.3 is 0 Å². The molecule has 1 aliphatic carbocycles. The van der Waals surface area contributed by atoms with E-state index in [2.05, 4.69) is 42.7 Å². The van der Waals surface area contributed by atoms with Crippen LogP contribution in [0.1, 0.15) is 18.4 Å². The third-order valence-electron chi connectivity index (χ3n) is 3.20. The molecule has 2 heteroatoms. The van der Waals surface area contributed by atoms with Crippen LogP contribution in [0.5, 0.6) is 0 Å². The number of ether oxygens (including phenoxy) is 1. The molecule has 0 saturated heterocycles. The van der Waals surface area contributed by atoms with Gasteiger partial charge in [0, 0.05) is 5.92 Å². The third kappa shape index (κ3) is 4.19. The van der Waals surface area contributed by atoms with Gasteiger partial charge in [-0.1, -0.05) is 60.4 Å². The lowest BCUT2D eigenvalue weighted by Crippen LogP contribution is -2.28. The molecule has 0 aromatic heterocycles. The van der Waals surface area contributed by atoms with Gasteiger partial charge in [-0.05, 0) is 24.6 Å². The molecule has 1 aliphatic rings. The molecule has 0 spiro atoms.